The number of carbonyl (C=O) groups is 1. The summed E-state index contributed by atoms with van der Waals surface area (Å²) in [6.07, 6.45) is 2.43. The highest BCUT2D eigenvalue weighted by Crippen LogP contribution is 2.40. The molecule has 0 spiro atoms. The van der Waals surface area contributed by atoms with Gasteiger partial charge in [-0.25, -0.2) is 9.78 Å². The van der Waals surface area contributed by atoms with Crippen molar-refractivity contribution in [2.24, 2.45) is 0 Å². The van der Waals surface area contributed by atoms with E-state index in [0.29, 0.717) is 41.9 Å². The van der Waals surface area contributed by atoms with Gasteiger partial charge in [0.05, 0.1) is 33.6 Å². The van der Waals surface area contributed by atoms with Crippen LogP contribution < -0.4 is 24.3 Å². The van der Waals surface area contributed by atoms with Crippen LogP contribution in [0, 0.1) is 6.92 Å². The SMILES string of the molecule is COc1cc(NC(=O)N2CCC(Oc3ccc(C)cn3)C2)cc(OC)c1OC. The zero-order valence-electron chi connectivity index (χ0n) is 16.5. The maximum absolute atomic E-state index is 12.6. The Labute approximate surface area is 164 Å². The third-order valence-corrected chi connectivity index (χ3v) is 4.52. The van der Waals surface area contributed by atoms with Crippen molar-refractivity contribution in [2.75, 3.05) is 39.7 Å². The first-order valence-corrected chi connectivity index (χ1v) is 8.99. The Hall–Kier alpha value is -3.16. The van der Waals surface area contributed by atoms with Crippen molar-refractivity contribution in [3.63, 3.8) is 0 Å². The number of amides is 2. The molecule has 8 nitrogen and oxygen atoms in total. The van der Waals surface area contributed by atoms with Crippen molar-refractivity contribution in [3.8, 4) is 23.1 Å². The van der Waals surface area contributed by atoms with Crippen molar-refractivity contribution in [3.05, 3.63) is 36.0 Å². The number of benzene rings is 1. The Bertz CT molecular complexity index is 800. The third-order valence-electron chi connectivity index (χ3n) is 4.52. The summed E-state index contributed by atoms with van der Waals surface area (Å²) in [5.41, 5.74) is 1.63. The lowest BCUT2D eigenvalue weighted by atomic mass is 10.2. The van der Waals surface area contributed by atoms with E-state index in [1.54, 1.807) is 23.2 Å². The minimum atomic E-state index is -0.211. The molecule has 2 heterocycles. The second kappa shape index (κ2) is 8.69. The molecule has 1 aromatic heterocycles. The number of anilines is 1. The molecule has 0 radical (unpaired) electrons. The van der Waals surface area contributed by atoms with E-state index in [-0.39, 0.29) is 12.1 Å². The number of likely N-dealkylation sites (tertiary alicyclic amines) is 1. The molecule has 3 rings (SSSR count). The van der Waals surface area contributed by atoms with Gasteiger partial charge in [-0.05, 0) is 12.5 Å². The van der Waals surface area contributed by atoms with Crippen LogP contribution in [0.5, 0.6) is 23.1 Å². The van der Waals surface area contributed by atoms with E-state index in [2.05, 4.69) is 10.3 Å². The molecule has 2 aromatic rings. The zero-order valence-corrected chi connectivity index (χ0v) is 16.5. The minimum absolute atomic E-state index is 0.0825. The largest absolute Gasteiger partial charge is 0.493 e. The topological polar surface area (TPSA) is 82.2 Å². The lowest BCUT2D eigenvalue weighted by Gasteiger charge is -2.19. The van der Waals surface area contributed by atoms with E-state index >= 15 is 0 Å². The molecule has 1 saturated heterocycles. The van der Waals surface area contributed by atoms with Crippen molar-refractivity contribution in [1.82, 2.24) is 9.88 Å². The summed E-state index contributed by atoms with van der Waals surface area (Å²) >= 11 is 0. The van der Waals surface area contributed by atoms with Crippen LogP contribution >= 0.6 is 0 Å². The van der Waals surface area contributed by atoms with E-state index in [1.165, 1.54) is 21.3 Å². The number of nitrogens with one attached hydrogen (secondary N) is 1. The van der Waals surface area contributed by atoms with Crippen molar-refractivity contribution >= 4 is 11.7 Å². The summed E-state index contributed by atoms with van der Waals surface area (Å²) < 4.78 is 21.8. The van der Waals surface area contributed by atoms with Gasteiger partial charge in [-0.15, -0.1) is 0 Å². The number of urea groups is 1. The van der Waals surface area contributed by atoms with Crippen LogP contribution in [0.25, 0.3) is 0 Å². The second-order valence-electron chi connectivity index (χ2n) is 6.49. The molecule has 1 aliphatic rings. The number of ether oxygens (including phenoxy) is 4. The molecule has 1 aromatic carbocycles. The molecule has 0 aliphatic carbocycles. The third kappa shape index (κ3) is 4.39. The van der Waals surface area contributed by atoms with Gasteiger partial charge in [0.15, 0.2) is 11.5 Å². The maximum Gasteiger partial charge on any atom is 0.321 e. The number of aromatic nitrogens is 1. The first kappa shape index (κ1) is 19.6. The summed E-state index contributed by atoms with van der Waals surface area (Å²) in [7, 11) is 4.60. The number of methoxy groups -OCH3 is 3. The Morgan fingerprint density at radius 2 is 1.86 bits per heavy atom. The normalized spacial score (nSPS) is 15.9. The minimum Gasteiger partial charge on any atom is -0.493 e. The van der Waals surface area contributed by atoms with E-state index in [0.717, 1.165) is 12.0 Å². The molecule has 0 bridgehead atoms. The number of aryl methyl sites for hydroxylation is 1. The number of hydrogen-bond acceptors (Lipinski definition) is 6. The van der Waals surface area contributed by atoms with Crippen LogP contribution in [0.1, 0.15) is 12.0 Å². The van der Waals surface area contributed by atoms with E-state index in [1.807, 2.05) is 19.1 Å². The van der Waals surface area contributed by atoms with E-state index in [9.17, 15) is 4.79 Å². The molecule has 1 atom stereocenters. The monoisotopic (exact) mass is 387 g/mol. The quantitative estimate of drug-likeness (QED) is 0.820. The molecule has 1 aliphatic heterocycles. The Morgan fingerprint density at radius 3 is 2.43 bits per heavy atom. The summed E-state index contributed by atoms with van der Waals surface area (Å²) in [4.78, 5) is 18.6. The maximum atomic E-state index is 12.6. The molecular formula is C20H25N3O5. The first-order valence-electron chi connectivity index (χ1n) is 8.99. The Balaban J connectivity index is 1.63. The van der Waals surface area contributed by atoms with Gasteiger partial charge >= 0.3 is 6.03 Å². The molecule has 2 amide bonds. The summed E-state index contributed by atoms with van der Waals surface area (Å²) in [6.45, 7) is 3.07. The fraction of sp³-hybridized carbons (Fsp3) is 0.400. The number of nitrogens with zero attached hydrogens (tertiary/aromatic N) is 2. The van der Waals surface area contributed by atoms with E-state index in [4.69, 9.17) is 18.9 Å². The highest BCUT2D eigenvalue weighted by atomic mass is 16.5. The van der Waals surface area contributed by atoms with Crippen LogP contribution in [0.4, 0.5) is 10.5 Å². The second-order valence-corrected chi connectivity index (χ2v) is 6.49. The molecular weight excluding hydrogens is 362 g/mol. The molecule has 0 saturated carbocycles. The van der Waals surface area contributed by atoms with Gasteiger partial charge in [0.2, 0.25) is 11.6 Å². The summed E-state index contributed by atoms with van der Waals surface area (Å²) in [6, 6.07) is 6.97. The van der Waals surface area contributed by atoms with Crippen LogP contribution in [0.2, 0.25) is 0 Å². The number of pyridine rings is 1. The standard InChI is InChI=1S/C20H25N3O5/c1-13-5-6-18(21-11-13)28-15-7-8-23(12-15)20(24)22-14-9-16(25-2)19(27-4)17(10-14)26-3/h5-6,9-11,15H,7-8,12H2,1-4H3,(H,22,24). The molecule has 1 N–H and O–H groups in total. The molecule has 150 valence electrons. The fourth-order valence-electron chi connectivity index (χ4n) is 3.06. The molecule has 1 fully saturated rings. The smallest absolute Gasteiger partial charge is 0.321 e. The molecule has 1 unspecified atom stereocenters. The first-order chi connectivity index (χ1) is 13.5. The van der Waals surface area contributed by atoms with Gasteiger partial charge in [-0.1, -0.05) is 6.07 Å². The van der Waals surface area contributed by atoms with Crippen LogP contribution in [-0.2, 0) is 0 Å². The van der Waals surface area contributed by atoms with Gasteiger partial charge in [0, 0.05) is 37.4 Å². The number of hydrogen-bond donors (Lipinski definition) is 1. The molecule has 8 heteroatoms. The number of carbonyl (C=O) groups excluding carboxylic acids is 1. The van der Waals surface area contributed by atoms with E-state index < -0.39 is 0 Å². The highest BCUT2D eigenvalue weighted by Gasteiger charge is 2.28. The van der Waals surface area contributed by atoms with Crippen molar-refractivity contribution in [2.45, 2.75) is 19.4 Å². The van der Waals surface area contributed by atoms with Gasteiger partial charge < -0.3 is 29.2 Å². The zero-order chi connectivity index (χ0) is 20.1. The van der Waals surface area contributed by atoms with Crippen LogP contribution in [0.15, 0.2) is 30.5 Å². The average molecular weight is 387 g/mol. The van der Waals surface area contributed by atoms with Crippen LogP contribution in [0.3, 0.4) is 0 Å². The lowest BCUT2D eigenvalue weighted by molar-refractivity contribution is 0.190. The average Bonchev–Trinajstić information content (AvgIpc) is 3.17. The van der Waals surface area contributed by atoms with Gasteiger partial charge in [0.25, 0.3) is 0 Å². The van der Waals surface area contributed by atoms with Gasteiger partial charge in [0.1, 0.15) is 6.10 Å². The van der Waals surface area contributed by atoms with Gasteiger partial charge in [-0.3, -0.25) is 0 Å². The highest BCUT2D eigenvalue weighted by molar-refractivity contribution is 5.90. The van der Waals surface area contributed by atoms with Crippen LogP contribution in [-0.4, -0.2) is 56.4 Å². The van der Waals surface area contributed by atoms with Crippen molar-refractivity contribution < 1.29 is 23.7 Å². The summed E-state index contributed by atoms with van der Waals surface area (Å²) in [5, 5.41) is 2.88. The molecule has 28 heavy (non-hydrogen) atoms. The fourth-order valence-corrected chi connectivity index (χ4v) is 3.06. The lowest BCUT2D eigenvalue weighted by Crippen LogP contribution is -2.34. The van der Waals surface area contributed by atoms with Crippen molar-refractivity contribution in [1.29, 1.82) is 0 Å². The Kier molecular flexibility index (Phi) is 6.08. The Morgan fingerprint density at radius 1 is 1.14 bits per heavy atom. The number of rotatable bonds is 6. The summed E-state index contributed by atoms with van der Waals surface area (Å²) in [5.74, 6) is 2.00. The predicted molar refractivity (Wildman–Crippen MR) is 105 cm³/mol. The van der Waals surface area contributed by atoms with Gasteiger partial charge in [-0.2, -0.15) is 0 Å². The predicted octanol–water partition coefficient (Wildman–Crippen LogP) is 3.10.